The van der Waals surface area contributed by atoms with Crippen LogP contribution in [-0.2, 0) is 4.79 Å². The third-order valence-corrected chi connectivity index (χ3v) is 3.29. The second-order valence-electron chi connectivity index (χ2n) is 4.15. The molecule has 0 saturated heterocycles. The Kier molecular flexibility index (Phi) is 4.88. The molecule has 0 atom stereocenters. The zero-order valence-electron chi connectivity index (χ0n) is 10.8. The summed E-state index contributed by atoms with van der Waals surface area (Å²) >= 11 is 11.8. The molecule has 0 N–H and O–H groups in total. The van der Waals surface area contributed by atoms with Crippen molar-refractivity contribution in [3.8, 4) is 5.75 Å². The fourth-order valence-corrected chi connectivity index (χ4v) is 2.09. The average Bonchev–Trinajstić information content (AvgIpc) is 2.46. The fraction of sp³-hybridized carbons (Fsp3) is 0.133. The van der Waals surface area contributed by atoms with E-state index in [0.29, 0.717) is 15.8 Å². The number of para-hydroxylation sites is 1. The van der Waals surface area contributed by atoms with E-state index in [-0.39, 0.29) is 12.5 Å². The first kappa shape index (κ1) is 14.7. The quantitative estimate of drug-likeness (QED) is 0.853. The molecular weight excluding hydrogens is 297 g/mol. The summed E-state index contributed by atoms with van der Waals surface area (Å²) in [5, 5.41) is 0.905. The van der Waals surface area contributed by atoms with Gasteiger partial charge in [0.2, 0.25) is 0 Å². The van der Waals surface area contributed by atoms with Crippen LogP contribution in [0.5, 0.6) is 5.75 Å². The van der Waals surface area contributed by atoms with Gasteiger partial charge in [-0.1, -0.05) is 41.4 Å². The number of anilines is 1. The van der Waals surface area contributed by atoms with Crippen LogP contribution in [0.3, 0.4) is 0 Å². The highest BCUT2D eigenvalue weighted by Gasteiger charge is 2.12. The lowest BCUT2D eigenvalue weighted by Gasteiger charge is -2.17. The van der Waals surface area contributed by atoms with Crippen molar-refractivity contribution >= 4 is 34.8 Å². The zero-order chi connectivity index (χ0) is 14.5. The Morgan fingerprint density at radius 2 is 1.85 bits per heavy atom. The number of likely N-dealkylation sites (N-methyl/N-ethyl adjacent to an activating group) is 1. The van der Waals surface area contributed by atoms with Crippen LogP contribution in [0.1, 0.15) is 0 Å². The molecule has 1 amide bonds. The van der Waals surface area contributed by atoms with Crippen LogP contribution in [0.15, 0.2) is 48.5 Å². The Morgan fingerprint density at radius 3 is 2.50 bits per heavy atom. The molecule has 5 heteroatoms. The van der Waals surface area contributed by atoms with Crippen molar-refractivity contribution in [1.82, 2.24) is 0 Å². The van der Waals surface area contributed by atoms with Crippen molar-refractivity contribution in [3.63, 3.8) is 0 Å². The monoisotopic (exact) mass is 309 g/mol. The molecular formula is C15H13Cl2NO2. The molecule has 20 heavy (non-hydrogen) atoms. The van der Waals surface area contributed by atoms with Crippen LogP contribution < -0.4 is 9.64 Å². The molecule has 0 fully saturated rings. The maximum atomic E-state index is 12.0. The molecule has 0 bridgehead atoms. The van der Waals surface area contributed by atoms with Crippen molar-refractivity contribution < 1.29 is 9.53 Å². The van der Waals surface area contributed by atoms with E-state index in [4.69, 9.17) is 27.9 Å². The molecule has 0 saturated carbocycles. The number of hydrogen-bond acceptors (Lipinski definition) is 2. The predicted molar refractivity (Wildman–Crippen MR) is 81.8 cm³/mol. The van der Waals surface area contributed by atoms with E-state index < -0.39 is 0 Å². The SMILES string of the molecule is CN(C(=O)COc1ccc(Cl)cc1Cl)c1ccccc1. The lowest BCUT2D eigenvalue weighted by molar-refractivity contribution is -0.120. The van der Waals surface area contributed by atoms with Crippen molar-refractivity contribution in [2.75, 3.05) is 18.6 Å². The van der Waals surface area contributed by atoms with Gasteiger partial charge in [0.25, 0.3) is 5.91 Å². The van der Waals surface area contributed by atoms with Gasteiger partial charge in [-0.3, -0.25) is 4.79 Å². The molecule has 0 aromatic heterocycles. The maximum absolute atomic E-state index is 12.0. The Balaban J connectivity index is 1.98. The third-order valence-electron chi connectivity index (χ3n) is 2.76. The Labute approximate surface area is 127 Å². The van der Waals surface area contributed by atoms with Crippen LogP contribution in [-0.4, -0.2) is 19.6 Å². The minimum absolute atomic E-state index is 0.0905. The molecule has 0 aliphatic carbocycles. The van der Waals surface area contributed by atoms with Crippen LogP contribution in [0.2, 0.25) is 10.0 Å². The molecule has 104 valence electrons. The number of nitrogens with zero attached hydrogens (tertiary/aromatic N) is 1. The van der Waals surface area contributed by atoms with Crippen LogP contribution in [0, 0.1) is 0 Å². The van der Waals surface area contributed by atoms with E-state index in [2.05, 4.69) is 0 Å². The Bertz CT molecular complexity index is 602. The van der Waals surface area contributed by atoms with Crippen LogP contribution >= 0.6 is 23.2 Å². The number of ether oxygens (including phenoxy) is 1. The first-order valence-corrected chi connectivity index (χ1v) is 6.73. The van der Waals surface area contributed by atoms with Gasteiger partial charge in [-0.25, -0.2) is 0 Å². The number of hydrogen-bond donors (Lipinski definition) is 0. The summed E-state index contributed by atoms with van der Waals surface area (Å²) < 4.78 is 5.41. The van der Waals surface area contributed by atoms with Crippen molar-refractivity contribution in [2.24, 2.45) is 0 Å². The molecule has 0 unspecified atom stereocenters. The van der Waals surface area contributed by atoms with E-state index in [1.807, 2.05) is 30.3 Å². The summed E-state index contributed by atoms with van der Waals surface area (Å²) in [6, 6.07) is 14.2. The highest BCUT2D eigenvalue weighted by molar-refractivity contribution is 6.35. The number of rotatable bonds is 4. The summed E-state index contributed by atoms with van der Waals surface area (Å²) in [5.74, 6) is 0.271. The van der Waals surface area contributed by atoms with Crippen molar-refractivity contribution in [3.05, 3.63) is 58.6 Å². The number of carbonyl (C=O) groups is 1. The number of amides is 1. The first-order valence-electron chi connectivity index (χ1n) is 5.97. The number of benzene rings is 2. The van der Waals surface area contributed by atoms with Gasteiger partial charge in [0.15, 0.2) is 6.61 Å². The zero-order valence-corrected chi connectivity index (χ0v) is 12.4. The largest absolute Gasteiger partial charge is 0.482 e. The van der Waals surface area contributed by atoms with E-state index in [1.54, 1.807) is 25.2 Å². The highest BCUT2D eigenvalue weighted by Crippen LogP contribution is 2.27. The van der Waals surface area contributed by atoms with Gasteiger partial charge in [-0.05, 0) is 30.3 Å². The molecule has 2 rings (SSSR count). The summed E-state index contributed by atoms with van der Waals surface area (Å²) in [5.41, 5.74) is 0.809. The summed E-state index contributed by atoms with van der Waals surface area (Å²) in [4.78, 5) is 13.6. The molecule has 0 aliphatic rings. The molecule has 2 aromatic carbocycles. The minimum atomic E-state index is -0.165. The average molecular weight is 310 g/mol. The van der Waals surface area contributed by atoms with Gasteiger partial charge >= 0.3 is 0 Å². The van der Waals surface area contributed by atoms with E-state index in [1.165, 1.54) is 4.90 Å². The van der Waals surface area contributed by atoms with Crippen molar-refractivity contribution in [1.29, 1.82) is 0 Å². The first-order chi connectivity index (χ1) is 9.58. The van der Waals surface area contributed by atoms with E-state index in [0.717, 1.165) is 5.69 Å². The van der Waals surface area contributed by atoms with Gasteiger partial charge in [0.05, 0.1) is 5.02 Å². The van der Waals surface area contributed by atoms with Crippen LogP contribution in [0.4, 0.5) is 5.69 Å². The summed E-state index contributed by atoms with van der Waals surface area (Å²) in [7, 11) is 1.70. The smallest absolute Gasteiger partial charge is 0.264 e. The molecule has 0 spiro atoms. The summed E-state index contributed by atoms with van der Waals surface area (Å²) in [6.07, 6.45) is 0. The standard InChI is InChI=1S/C15H13Cl2NO2/c1-18(12-5-3-2-4-6-12)15(19)10-20-14-8-7-11(16)9-13(14)17/h2-9H,10H2,1H3. The number of halogens is 2. The Hall–Kier alpha value is -1.71. The Morgan fingerprint density at radius 1 is 1.15 bits per heavy atom. The van der Waals surface area contributed by atoms with Gasteiger partial charge in [0.1, 0.15) is 5.75 Å². The van der Waals surface area contributed by atoms with Gasteiger partial charge < -0.3 is 9.64 Å². The fourth-order valence-electron chi connectivity index (χ4n) is 1.62. The lowest BCUT2D eigenvalue weighted by atomic mass is 10.3. The van der Waals surface area contributed by atoms with E-state index in [9.17, 15) is 4.79 Å². The predicted octanol–water partition coefficient (Wildman–Crippen LogP) is 4.04. The molecule has 0 radical (unpaired) electrons. The molecule has 2 aromatic rings. The second kappa shape index (κ2) is 6.64. The molecule has 0 aliphatic heterocycles. The minimum Gasteiger partial charge on any atom is -0.482 e. The van der Waals surface area contributed by atoms with Gasteiger partial charge in [-0.15, -0.1) is 0 Å². The topological polar surface area (TPSA) is 29.5 Å². The third kappa shape index (κ3) is 3.65. The van der Waals surface area contributed by atoms with Crippen LogP contribution in [0.25, 0.3) is 0 Å². The maximum Gasteiger partial charge on any atom is 0.264 e. The van der Waals surface area contributed by atoms with Gasteiger partial charge in [0, 0.05) is 17.8 Å². The highest BCUT2D eigenvalue weighted by atomic mass is 35.5. The normalized spacial score (nSPS) is 10.2. The number of carbonyl (C=O) groups excluding carboxylic acids is 1. The van der Waals surface area contributed by atoms with Crippen molar-refractivity contribution in [2.45, 2.75) is 0 Å². The summed E-state index contributed by atoms with van der Waals surface area (Å²) in [6.45, 7) is -0.0905. The lowest BCUT2D eigenvalue weighted by Crippen LogP contribution is -2.31. The van der Waals surface area contributed by atoms with Gasteiger partial charge in [-0.2, -0.15) is 0 Å². The molecule has 0 heterocycles. The second-order valence-corrected chi connectivity index (χ2v) is 5.00. The molecule has 3 nitrogen and oxygen atoms in total. The van der Waals surface area contributed by atoms with E-state index >= 15 is 0 Å².